The molecule has 0 spiro atoms. The summed E-state index contributed by atoms with van der Waals surface area (Å²) in [6.45, 7) is 2.03. The SMILES string of the molecule is CCSc1ccc(Cl)cc1Nn1cnc2cnc(F)cc2c1=O. The number of thioether (sulfide) groups is 1. The molecule has 3 rings (SSSR count). The molecule has 8 heteroatoms. The highest BCUT2D eigenvalue weighted by molar-refractivity contribution is 7.99. The molecule has 2 aromatic heterocycles. The minimum absolute atomic E-state index is 0.152. The van der Waals surface area contributed by atoms with E-state index in [-0.39, 0.29) is 5.39 Å². The number of rotatable bonds is 4. The van der Waals surface area contributed by atoms with Crippen LogP contribution in [-0.2, 0) is 0 Å². The first-order chi connectivity index (χ1) is 11.1. The molecule has 1 N–H and O–H groups in total. The summed E-state index contributed by atoms with van der Waals surface area (Å²) >= 11 is 7.64. The zero-order chi connectivity index (χ0) is 16.4. The molecule has 0 amide bonds. The molecule has 0 aliphatic rings. The van der Waals surface area contributed by atoms with Crippen LogP contribution in [0, 0.1) is 5.95 Å². The maximum atomic E-state index is 13.3. The second-order valence-corrected chi connectivity index (χ2v) is 6.37. The van der Waals surface area contributed by atoms with Crippen LogP contribution in [0.5, 0.6) is 0 Å². The Labute approximate surface area is 140 Å². The second-order valence-electron chi connectivity index (χ2n) is 4.63. The quantitative estimate of drug-likeness (QED) is 0.575. The molecule has 0 bridgehead atoms. The Bertz CT molecular complexity index is 931. The van der Waals surface area contributed by atoms with E-state index in [0.717, 1.165) is 16.7 Å². The van der Waals surface area contributed by atoms with Crippen molar-refractivity contribution in [2.75, 3.05) is 11.2 Å². The van der Waals surface area contributed by atoms with Gasteiger partial charge in [0.15, 0.2) is 0 Å². The largest absolute Gasteiger partial charge is 0.289 e. The third kappa shape index (κ3) is 3.30. The number of hydrogen-bond acceptors (Lipinski definition) is 5. The Morgan fingerprint density at radius 2 is 2.17 bits per heavy atom. The zero-order valence-electron chi connectivity index (χ0n) is 12.1. The molecule has 1 aromatic carbocycles. The van der Waals surface area contributed by atoms with Gasteiger partial charge in [-0.2, -0.15) is 4.39 Å². The number of nitrogens with zero attached hydrogens (tertiary/aromatic N) is 3. The summed E-state index contributed by atoms with van der Waals surface area (Å²) in [5.41, 5.74) is 3.58. The van der Waals surface area contributed by atoms with Crippen molar-refractivity contribution >= 4 is 40.0 Å². The molecule has 2 heterocycles. The first-order valence-corrected chi connectivity index (χ1v) is 8.17. The molecule has 3 aromatic rings. The Balaban J connectivity index is 2.07. The second kappa shape index (κ2) is 6.55. The lowest BCUT2D eigenvalue weighted by molar-refractivity contribution is 0.585. The van der Waals surface area contributed by atoms with Gasteiger partial charge in [0.2, 0.25) is 5.95 Å². The van der Waals surface area contributed by atoms with E-state index in [1.165, 1.54) is 17.2 Å². The topological polar surface area (TPSA) is 59.8 Å². The van der Waals surface area contributed by atoms with Gasteiger partial charge in [-0.15, -0.1) is 11.8 Å². The molecule has 23 heavy (non-hydrogen) atoms. The smallest absolute Gasteiger partial charge is 0.280 e. The fourth-order valence-corrected chi connectivity index (χ4v) is 2.99. The molecule has 0 unspecified atom stereocenters. The van der Waals surface area contributed by atoms with Crippen molar-refractivity contribution in [2.45, 2.75) is 11.8 Å². The maximum Gasteiger partial charge on any atom is 0.280 e. The molecular formula is C15H12ClFN4OS. The minimum atomic E-state index is -0.723. The molecular weight excluding hydrogens is 339 g/mol. The van der Waals surface area contributed by atoms with E-state index in [1.807, 2.05) is 13.0 Å². The third-order valence-corrected chi connectivity index (χ3v) is 4.28. The third-order valence-electron chi connectivity index (χ3n) is 3.09. The van der Waals surface area contributed by atoms with Gasteiger partial charge in [-0.1, -0.05) is 18.5 Å². The summed E-state index contributed by atoms with van der Waals surface area (Å²) in [5.74, 6) is 0.150. The van der Waals surface area contributed by atoms with Gasteiger partial charge in [0.05, 0.1) is 22.8 Å². The highest BCUT2D eigenvalue weighted by atomic mass is 35.5. The van der Waals surface area contributed by atoms with E-state index in [4.69, 9.17) is 11.6 Å². The molecule has 0 atom stereocenters. The Morgan fingerprint density at radius 3 is 2.96 bits per heavy atom. The van der Waals surface area contributed by atoms with Crippen LogP contribution in [0.25, 0.3) is 10.9 Å². The van der Waals surface area contributed by atoms with Crippen molar-refractivity contribution in [1.82, 2.24) is 14.6 Å². The molecule has 0 aliphatic heterocycles. The molecule has 0 saturated heterocycles. The van der Waals surface area contributed by atoms with Crippen molar-refractivity contribution in [2.24, 2.45) is 0 Å². The predicted octanol–water partition coefficient (Wildman–Crippen LogP) is 3.57. The standard InChI is InChI=1S/C15H12ClFN4OS/c1-2-23-13-4-3-9(16)5-11(13)20-21-8-19-12-7-18-14(17)6-10(12)15(21)22/h3-8,20H,2H2,1H3. The van der Waals surface area contributed by atoms with Crippen LogP contribution in [0.4, 0.5) is 10.1 Å². The van der Waals surface area contributed by atoms with Gasteiger partial charge in [-0.05, 0) is 24.0 Å². The molecule has 5 nitrogen and oxygen atoms in total. The van der Waals surface area contributed by atoms with Gasteiger partial charge in [-0.3, -0.25) is 10.2 Å². The van der Waals surface area contributed by atoms with Gasteiger partial charge in [0, 0.05) is 16.0 Å². The van der Waals surface area contributed by atoms with E-state index >= 15 is 0 Å². The number of halogens is 2. The number of nitrogens with one attached hydrogen (secondary N) is 1. The van der Waals surface area contributed by atoms with Gasteiger partial charge in [-0.25, -0.2) is 14.6 Å². The Kier molecular flexibility index (Phi) is 4.49. The molecule has 0 fully saturated rings. The maximum absolute atomic E-state index is 13.3. The van der Waals surface area contributed by atoms with Crippen molar-refractivity contribution in [3.63, 3.8) is 0 Å². The lowest BCUT2D eigenvalue weighted by atomic mass is 10.3. The summed E-state index contributed by atoms with van der Waals surface area (Å²) < 4.78 is 14.5. The van der Waals surface area contributed by atoms with Crippen LogP contribution >= 0.6 is 23.4 Å². The summed E-state index contributed by atoms with van der Waals surface area (Å²) in [5, 5.41) is 0.698. The van der Waals surface area contributed by atoms with E-state index < -0.39 is 11.5 Å². The van der Waals surface area contributed by atoms with Crippen LogP contribution in [0.1, 0.15) is 6.92 Å². The number of hydrogen-bond donors (Lipinski definition) is 1. The van der Waals surface area contributed by atoms with Gasteiger partial charge >= 0.3 is 0 Å². The highest BCUT2D eigenvalue weighted by Gasteiger charge is 2.09. The van der Waals surface area contributed by atoms with Crippen LogP contribution < -0.4 is 11.0 Å². The zero-order valence-corrected chi connectivity index (χ0v) is 13.7. The van der Waals surface area contributed by atoms with Gasteiger partial charge in [0.1, 0.15) is 6.33 Å². The van der Waals surface area contributed by atoms with Crippen LogP contribution in [0.2, 0.25) is 5.02 Å². The van der Waals surface area contributed by atoms with Crippen molar-refractivity contribution in [1.29, 1.82) is 0 Å². The first-order valence-electron chi connectivity index (χ1n) is 6.81. The van der Waals surface area contributed by atoms with E-state index in [9.17, 15) is 9.18 Å². The minimum Gasteiger partial charge on any atom is -0.289 e. The summed E-state index contributed by atoms with van der Waals surface area (Å²) in [4.78, 5) is 21.0. The van der Waals surface area contributed by atoms with Crippen LogP contribution in [0.15, 0.2) is 46.5 Å². The van der Waals surface area contributed by atoms with Crippen LogP contribution in [-0.4, -0.2) is 20.4 Å². The molecule has 0 aliphatic carbocycles. The van der Waals surface area contributed by atoms with Gasteiger partial charge < -0.3 is 0 Å². The fourth-order valence-electron chi connectivity index (χ4n) is 2.08. The lowest BCUT2D eigenvalue weighted by Gasteiger charge is -2.13. The fraction of sp³-hybridized carbons (Fsp3) is 0.133. The molecule has 0 saturated carbocycles. The van der Waals surface area contributed by atoms with Gasteiger partial charge in [0.25, 0.3) is 5.56 Å². The number of anilines is 1. The average molecular weight is 351 g/mol. The van der Waals surface area contributed by atoms with E-state index in [1.54, 1.807) is 23.9 Å². The highest BCUT2D eigenvalue weighted by Crippen LogP contribution is 2.29. The number of benzene rings is 1. The van der Waals surface area contributed by atoms with Crippen LogP contribution in [0.3, 0.4) is 0 Å². The number of fused-ring (bicyclic) bond motifs is 1. The molecule has 0 radical (unpaired) electrons. The average Bonchev–Trinajstić information content (AvgIpc) is 2.53. The summed E-state index contributed by atoms with van der Waals surface area (Å²) in [6, 6.07) is 6.46. The molecule has 118 valence electrons. The lowest BCUT2D eigenvalue weighted by Crippen LogP contribution is -2.27. The normalized spacial score (nSPS) is 10.9. The Morgan fingerprint density at radius 1 is 1.35 bits per heavy atom. The summed E-state index contributed by atoms with van der Waals surface area (Å²) in [6.07, 6.45) is 2.57. The number of aromatic nitrogens is 3. The Hall–Kier alpha value is -2.12. The summed E-state index contributed by atoms with van der Waals surface area (Å²) in [7, 11) is 0. The predicted molar refractivity (Wildman–Crippen MR) is 90.6 cm³/mol. The first kappa shape index (κ1) is 15.8. The number of pyridine rings is 1. The van der Waals surface area contributed by atoms with Crippen molar-refractivity contribution < 1.29 is 4.39 Å². The monoisotopic (exact) mass is 350 g/mol. The van der Waals surface area contributed by atoms with E-state index in [0.29, 0.717) is 16.2 Å². The van der Waals surface area contributed by atoms with Crippen molar-refractivity contribution in [3.05, 3.63) is 58.1 Å². The van der Waals surface area contributed by atoms with E-state index in [2.05, 4.69) is 15.4 Å². The van der Waals surface area contributed by atoms with Crippen molar-refractivity contribution in [3.8, 4) is 0 Å².